The summed E-state index contributed by atoms with van der Waals surface area (Å²) in [5.74, 6) is 2.27. The molecule has 0 radical (unpaired) electrons. The molecule has 0 amide bonds. The van der Waals surface area contributed by atoms with E-state index in [-0.39, 0.29) is 0 Å². The van der Waals surface area contributed by atoms with Crippen LogP contribution in [0.3, 0.4) is 0 Å². The van der Waals surface area contributed by atoms with Gasteiger partial charge < -0.3 is 10.6 Å². The first kappa shape index (κ1) is 14.4. The predicted molar refractivity (Wildman–Crippen MR) is 80.9 cm³/mol. The van der Waals surface area contributed by atoms with E-state index in [4.69, 9.17) is 11.6 Å². The third-order valence-corrected chi connectivity index (χ3v) is 4.13. The Bertz CT molecular complexity index is 402. The fourth-order valence-electron chi connectivity index (χ4n) is 2.79. The van der Waals surface area contributed by atoms with Gasteiger partial charge in [0.15, 0.2) is 5.82 Å². The molecule has 2 rings (SSSR count). The van der Waals surface area contributed by atoms with Crippen molar-refractivity contribution in [1.29, 1.82) is 0 Å². The minimum atomic E-state index is 0.491. The van der Waals surface area contributed by atoms with Crippen molar-refractivity contribution in [1.82, 2.24) is 9.97 Å². The number of anilines is 2. The Morgan fingerprint density at radius 1 is 1.32 bits per heavy atom. The first-order valence-corrected chi connectivity index (χ1v) is 7.57. The Morgan fingerprint density at radius 2 is 2.05 bits per heavy atom. The van der Waals surface area contributed by atoms with Crippen molar-refractivity contribution in [2.24, 2.45) is 5.92 Å². The molecule has 1 heterocycles. The summed E-state index contributed by atoms with van der Waals surface area (Å²) in [6.07, 6.45) is 9.35. The maximum atomic E-state index is 6.14. The molecule has 1 aliphatic rings. The van der Waals surface area contributed by atoms with E-state index in [1.807, 2.05) is 7.05 Å². The van der Waals surface area contributed by atoms with E-state index >= 15 is 0 Å². The fraction of sp³-hybridized carbons (Fsp3) is 0.714. The monoisotopic (exact) mass is 282 g/mol. The van der Waals surface area contributed by atoms with Gasteiger partial charge in [-0.25, -0.2) is 4.98 Å². The number of halogens is 1. The normalized spacial score (nSPS) is 23.1. The molecule has 1 aromatic heterocycles. The standard InChI is InChI=1S/C14H23ClN4/c1-3-4-10-5-7-11(8-6-10)18-13-12(15)9-17-14(16-2)19-13/h9-11H,3-8H2,1-2H3,(H2,16,17,18,19). The number of rotatable bonds is 5. The molecule has 19 heavy (non-hydrogen) atoms. The van der Waals surface area contributed by atoms with Crippen LogP contribution in [0.25, 0.3) is 0 Å². The highest BCUT2D eigenvalue weighted by molar-refractivity contribution is 6.32. The van der Waals surface area contributed by atoms with Gasteiger partial charge >= 0.3 is 0 Å². The van der Waals surface area contributed by atoms with Crippen LogP contribution in [0.5, 0.6) is 0 Å². The highest BCUT2D eigenvalue weighted by Crippen LogP contribution is 2.30. The lowest BCUT2D eigenvalue weighted by Gasteiger charge is -2.29. The first-order valence-electron chi connectivity index (χ1n) is 7.19. The summed E-state index contributed by atoms with van der Waals surface area (Å²) < 4.78 is 0. The van der Waals surface area contributed by atoms with Crippen LogP contribution in [0.15, 0.2) is 6.20 Å². The van der Waals surface area contributed by atoms with Crippen LogP contribution >= 0.6 is 11.6 Å². The zero-order chi connectivity index (χ0) is 13.7. The maximum absolute atomic E-state index is 6.14. The molecule has 0 aliphatic heterocycles. The summed E-state index contributed by atoms with van der Waals surface area (Å²) in [4.78, 5) is 8.47. The minimum absolute atomic E-state index is 0.491. The molecule has 0 aromatic carbocycles. The predicted octanol–water partition coefficient (Wildman–Crippen LogP) is 3.94. The van der Waals surface area contributed by atoms with Gasteiger partial charge in [0.1, 0.15) is 5.02 Å². The summed E-state index contributed by atoms with van der Waals surface area (Å²) in [6, 6.07) is 0.491. The molecule has 0 saturated heterocycles. The lowest BCUT2D eigenvalue weighted by molar-refractivity contribution is 0.318. The van der Waals surface area contributed by atoms with Crippen molar-refractivity contribution in [2.75, 3.05) is 17.7 Å². The van der Waals surface area contributed by atoms with Gasteiger partial charge in [0.25, 0.3) is 0 Å². The Kier molecular flexibility index (Phi) is 5.25. The minimum Gasteiger partial charge on any atom is -0.366 e. The third kappa shape index (κ3) is 3.96. The van der Waals surface area contributed by atoms with Crippen molar-refractivity contribution >= 4 is 23.4 Å². The molecule has 0 bridgehead atoms. The van der Waals surface area contributed by atoms with Gasteiger partial charge in [0.05, 0.1) is 6.20 Å². The van der Waals surface area contributed by atoms with E-state index < -0.39 is 0 Å². The van der Waals surface area contributed by atoms with Crippen molar-refractivity contribution in [3.8, 4) is 0 Å². The smallest absolute Gasteiger partial charge is 0.224 e. The average Bonchev–Trinajstić information content (AvgIpc) is 2.44. The summed E-state index contributed by atoms with van der Waals surface area (Å²) in [5, 5.41) is 6.99. The van der Waals surface area contributed by atoms with E-state index in [0.717, 1.165) is 11.7 Å². The molecule has 5 heteroatoms. The SMILES string of the molecule is CCCC1CCC(Nc2nc(NC)ncc2Cl)CC1. The zero-order valence-corrected chi connectivity index (χ0v) is 12.5. The fourth-order valence-corrected chi connectivity index (χ4v) is 2.93. The van der Waals surface area contributed by atoms with Crippen LogP contribution in [-0.2, 0) is 0 Å². The Morgan fingerprint density at radius 3 is 2.68 bits per heavy atom. The van der Waals surface area contributed by atoms with E-state index in [1.165, 1.54) is 38.5 Å². The third-order valence-electron chi connectivity index (χ3n) is 3.85. The van der Waals surface area contributed by atoms with Crippen LogP contribution in [0.1, 0.15) is 45.4 Å². The molecule has 1 fully saturated rings. The molecule has 0 atom stereocenters. The number of nitrogens with zero attached hydrogens (tertiary/aromatic N) is 2. The molecule has 106 valence electrons. The lowest BCUT2D eigenvalue weighted by Crippen LogP contribution is -2.26. The molecular weight excluding hydrogens is 260 g/mol. The molecular formula is C14H23ClN4. The van der Waals surface area contributed by atoms with Gasteiger partial charge in [0.2, 0.25) is 5.95 Å². The second-order valence-corrected chi connectivity index (χ2v) is 5.70. The molecule has 0 unspecified atom stereocenters. The van der Waals surface area contributed by atoms with Gasteiger partial charge in [-0.2, -0.15) is 4.98 Å². The first-order chi connectivity index (χ1) is 9.22. The van der Waals surface area contributed by atoms with Crippen LogP contribution in [0.4, 0.5) is 11.8 Å². The second kappa shape index (κ2) is 6.94. The van der Waals surface area contributed by atoms with Crippen molar-refractivity contribution in [3.05, 3.63) is 11.2 Å². The summed E-state index contributed by atoms with van der Waals surface area (Å²) in [5.41, 5.74) is 0. The maximum Gasteiger partial charge on any atom is 0.224 e. The van der Waals surface area contributed by atoms with Crippen LogP contribution in [0.2, 0.25) is 5.02 Å². The molecule has 1 aliphatic carbocycles. The Labute approximate surface area is 120 Å². The van der Waals surface area contributed by atoms with Crippen molar-refractivity contribution in [2.45, 2.75) is 51.5 Å². The molecule has 4 nitrogen and oxygen atoms in total. The molecule has 1 aromatic rings. The number of nitrogens with one attached hydrogen (secondary N) is 2. The number of hydrogen-bond acceptors (Lipinski definition) is 4. The highest BCUT2D eigenvalue weighted by Gasteiger charge is 2.21. The van der Waals surface area contributed by atoms with Gasteiger partial charge in [-0.3, -0.25) is 0 Å². The van der Waals surface area contributed by atoms with Crippen LogP contribution in [-0.4, -0.2) is 23.1 Å². The zero-order valence-electron chi connectivity index (χ0n) is 11.7. The van der Waals surface area contributed by atoms with Gasteiger partial charge in [-0.15, -0.1) is 0 Å². The summed E-state index contributed by atoms with van der Waals surface area (Å²) >= 11 is 6.14. The summed E-state index contributed by atoms with van der Waals surface area (Å²) in [6.45, 7) is 2.27. The van der Waals surface area contributed by atoms with E-state index in [2.05, 4.69) is 27.5 Å². The van der Waals surface area contributed by atoms with Gasteiger partial charge in [-0.05, 0) is 31.6 Å². The van der Waals surface area contributed by atoms with Gasteiger partial charge in [0, 0.05) is 13.1 Å². The number of aromatic nitrogens is 2. The highest BCUT2D eigenvalue weighted by atomic mass is 35.5. The van der Waals surface area contributed by atoms with Crippen molar-refractivity contribution < 1.29 is 0 Å². The lowest BCUT2D eigenvalue weighted by atomic mass is 9.83. The Balaban J connectivity index is 1.91. The van der Waals surface area contributed by atoms with E-state index in [1.54, 1.807) is 6.20 Å². The Hall–Kier alpha value is -1.03. The summed E-state index contributed by atoms with van der Waals surface area (Å²) in [7, 11) is 1.81. The number of hydrogen-bond donors (Lipinski definition) is 2. The second-order valence-electron chi connectivity index (χ2n) is 5.29. The largest absolute Gasteiger partial charge is 0.366 e. The topological polar surface area (TPSA) is 49.8 Å². The van der Waals surface area contributed by atoms with E-state index in [0.29, 0.717) is 17.0 Å². The average molecular weight is 283 g/mol. The molecule has 2 N–H and O–H groups in total. The van der Waals surface area contributed by atoms with Crippen molar-refractivity contribution in [3.63, 3.8) is 0 Å². The molecule has 1 saturated carbocycles. The molecule has 0 spiro atoms. The van der Waals surface area contributed by atoms with Crippen LogP contribution in [0, 0.1) is 5.92 Å². The van der Waals surface area contributed by atoms with E-state index in [9.17, 15) is 0 Å². The quantitative estimate of drug-likeness (QED) is 0.859. The van der Waals surface area contributed by atoms with Crippen LogP contribution < -0.4 is 10.6 Å². The van der Waals surface area contributed by atoms with Gasteiger partial charge in [-0.1, -0.05) is 31.4 Å².